The largest absolute Gasteiger partial charge is 0.371 e. The van der Waals surface area contributed by atoms with Gasteiger partial charge in [-0.25, -0.2) is 9.67 Å². The summed E-state index contributed by atoms with van der Waals surface area (Å²) in [5.41, 5.74) is 2.65. The summed E-state index contributed by atoms with van der Waals surface area (Å²) in [6, 6.07) is 13.0. The van der Waals surface area contributed by atoms with E-state index in [4.69, 9.17) is 10.00 Å². The topological polar surface area (TPSA) is 105 Å². The normalized spacial score (nSPS) is 15.8. The summed E-state index contributed by atoms with van der Waals surface area (Å²) in [6.07, 6.45) is 4.57. The van der Waals surface area contributed by atoms with Crippen LogP contribution in [0.3, 0.4) is 0 Å². The Bertz CT molecular complexity index is 1000. The van der Waals surface area contributed by atoms with Crippen molar-refractivity contribution in [2.45, 2.75) is 6.10 Å². The van der Waals surface area contributed by atoms with Crippen LogP contribution in [0.2, 0.25) is 0 Å². The molecule has 0 radical (unpaired) electrons. The van der Waals surface area contributed by atoms with Crippen LogP contribution in [0.4, 0.5) is 5.69 Å². The van der Waals surface area contributed by atoms with Crippen LogP contribution in [-0.2, 0) is 4.74 Å². The van der Waals surface area contributed by atoms with Gasteiger partial charge in [-0.1, -0.05) is 12.1 Å². The van der Waals surface area contributed by atoms with Gasteiger partial charge in [-0.05, 0) is 29.8 Å². The Hall–Kier alpha value is -3.25. The number of nitrogens with zero attached hydrogens (tertiary/aromatic N) is 4. The molecule has 1 aliphatic heterocycles. The van der Waals surface area contributed by atoms with Gasteiger partial charge in [0.15, 0.2) is 5.82 Å². The van der Waals surface area contributed by atoms with Crippen molar-refractivity contribution in [3.05, 3.63) is 71.7 Å². The molecule has 0 aliphatic carbocycles. The highest BCUT2D eigenvalue weighted by Gasteiger charge is 2.16. The molecular formula is C20H19ClN6O2. The molecule has 1 unspecified atom stereocenters. The second kappa shape index (κ2) is 9.30. The van der Waals surface area contributed by atoms with Crippen molar-refractivity contribution in [3.63, 3.8) is 0 Å². The van der Waals surface area contributed by atoms with Crippen molar-refractivity contribution in [2.75, 3.05) is 25.0 Å². The molecule has 0 saturated carbocycles. The minimum atomic E-state index is -0.261. The van der Waals surface area contributed by atoms with Crippen LogP contribution in [-0.4, -0.2) is 40.4 Å². The number of carbonyl (C=O) groups excluding carboxylic acids is 1. The maximum Gasteiger partial charge on any atom is 0.258 e. The number of rotatable bonds is 4. The number of nitrogens with one attached hydrogen (secondary N) is 2. The number of pyridine rings is 1. The third-order valence-corrected chi connectivity index (χ3v) is 4.42. The number of aromatic nitrogens is 3. The first-order valence-corrected chi connectivity index (χ1v) is 8.88. The molecule has 1 atom stereocenters. The van der Waals surface area contributed by atoms with Crippen LogP contribution >= 0.6 is 12.4 Å². The Balaban J connectivity index is 0.00000240. The zero-order chi connectivity index (χ0) is 19.3. The predicted molar refractivity (Wildman–Crippen MR) is 109 cm³/mol. The Morgan fingerprint density at radius 3 is 2.72 bits per heavy atom. The van der Waals surface area contributed by atoms with Crippen LogP contribution < -0.4 is 10.6 Å². The van der Waals surface area contributed by atoms with Crippen molar-refractivity contribution < 1.29 is 9.53 Å². The van der Waals surface area contributed by atoms with Crippen LogP contribution in [0.15, 0.2) is 55.0 Å². The molecule has 0 spiro atoms. The highest BCUT2D eigenvalue weighted by molar-refractivity contribution is 6.03. The smallest absolute Gasteiger partial charge is 0.258 e. The molecule has 1 fully saturated rings. The summed E-state index contributed by atoms with van der Waals surface area (Å²) < 4.78 is 7.22. The molecular weight excluding hydrogens is 392 g/mol. The van der Waals surface area contributed by atoms with Crippen molar-refractivity contribution in [3.8, 4) is 11.9 Å². The standard InChI is InChI=1S/C20H18N6O2.ClH/c21-9-14-1-6-19(23-10-14)26-13-16(11-24-26)20(27)25-17-4-2-15(3-5-17)18-12-22-7-8-28-18;/h1-6,10-11,13,18,22H,7-8,12H2,(H,25,27);1H. The first-order valence-electron chi connectivity index (χ1n) is 8.88. The maximum absolute atomic E-state index is 12.5. The average Bonchev–Trinajstić information content (AvgIpc) is 3.25. The summed E-state index contributed by atoms with van der Waals surface area (Å²) in [5, 5.41) is 19.2. The highest BCUT2D eigenvalue weighted by Crippen LogP contribution is 2.21. The number of ether oxygens (including phenoxy) is 1. The summed E-state index contributed by atoms with van der Waals surface area (Å²) >= 11 is 0. The number of hydrogen-bond acceptors (Lipinski definition) is 6. The van der Waals surface area contributed by atoms with Crippen LogP contribution in [0.5, 0.6) is 0 Å². The van der Waals surface area contributed by atoms with Gasteiger partial charge in [0.1, 0.15) is 6.07 Å². The number of morpholine rings is 1. The van der Waals surface area contributed by atoms with E-state index in [-0.39, 0.29) is 24.4 Å². The van der Waals surface area contributed by atoms with Gasteiger partial charge in [0, 0.05) is 31.2 Å². The van der Waals surface area contributed by atoms with Gasteiger partial charge in [0.25, 0.3) is 5.91 Å². The number of carbonyl (C=O) groups is 1. The second-order valence-corrected chi connectivity index (χ2v) is 6.33. The van der Waals surface area contributed by atoms with E-state index >= 15 is 0 Å². The molecule has 29 heavy (non-hydrogen) atoms. The fraction of sp³-hybridized carbons (Fsp3) is 0.200. The molecule has 1 amide bonds. The Morgan fingerprint density at radius 1 is 1.24 bits per heavy atom. The molecule has 1 aromatic carbocycles. The van der Waals surface area contributed by atoms with Crippen molar-refractivity contribution in [1.29, 1.82) is 5.26 Å². The van der Waals surface area contributed by atoms with Gasteiger partial charge in [-0.15, -0.1) is 12.4 Å². The monoisotopic (exact) mass is 410 g/mol. The van der Waals surface area contributed by atoms with Crippen LogP contribution in [0, 0.1) is 11.3 Å². The van der Waals surface area contributed by atoms with Gasteiger partial charge in [-0.2, -0.15) is 10.4 Å². The number of halogens is 1. The zero-order valence-corrected chi connectivity index (χ0v) is 16.2. The van der Waals surface area contributed by atoms with E-state index < -0.39 is 0 Å². The van der Waals surface area contributed by atoms with Gasteiger partial charge >= 0.3 is 0 Å². The third kappa shape index (κ3) is 4.78. The quantitative estimate of drug-likeness (QED) is 0.684. The summed E-state index contributed by atoms with van der Waals surface area (Å²) in [5.74, 6) is 0.270. The maximum atomic E-state index is 12.5. The fourth-order valence-corrected chi connectivity index (χ4v) is 2.92. The van der Waals surface area contributed by atoms with Crippen molar-refractivity contribution in [2.24, 2.45) is 0 Å². The van der Waals surface area contributed by atoms with E-state index in [9.17, 15) is 4.79 Å². The number of anilines is 1. The zero-order valence-electron chi connectivity index (χ0n) is 15.4. The summed E-state index contributed by atoms with van der Waals surface area (Å²) in [4.78, 5) is 16.6. The Kier molecular flexibility index (Phi) is 6.57. The minimum Gasteiger partial charge on any atom is -0.371 e. The molecule has 3 heterocycles. The van der Waals surface area contributed by atoms with E-state index in [0.717, 1.165) is 18.7 Å². The number of benzene rings is 1. The minimum absolute atomic E-state index is 0. The van der Waals surface area contributed by atoms with E-state index in [0.29, 0.717) is 29.2 Å². The lowest BCUT2D eigenvalue weighted by molar-refractivity contribution is 0.0277. The SMILES string of the molecule is Cl.N#Cc1ccc(-n2cc(C(=O)Nc3ccc(C4CNCCO4)cc3)cn2)nc1. The summed E-state index contributed by atoms with van der Waals surface area (Å²) in [7, 11) is 0. The third-order valence-electron chi connectivity index (χ3n) is 4.42. The molecule has 8 nitrogen and oxygen atoms in total. The molecule has 148 valence electrons. The van der Waals surface area contributed by atoms with Gasteiger partial charge < -0.3 is 15.4 Å². The Morgan fingerprint density at radius 2 is 2.07 bits per heavy atom. The number of amides is 1. The van der Waals surface area contributed by atoms with Gasteiger partial charge in [-0.3, -0.25) is 4.79 Å². The van der Waals surface area contributed by atoms with Crippen LogP contribution in [0.25, 0.3) is 5.82 Å². The van der Waals surface area contributed by atoms with E-state index in [2.05, 4.69) is 20.7 Å². The lowest BCUT2D eigenvalue weighted by atomic mass is 10.1. The first-order chi connectivity index (χ1) is 13.7. The van der Waals surface area contributed by atoms with E-state index in [1.807, 2.05) is 30.3 Å². The van der Waals surface area contributed by atoms with Crippen LogP contribution in [0.1, 0.15) is 27.6 Å². The lowest BCUT2D eigenvalue weighted by Gasteiger charge is -2.24. The molecule has 3 aromatic rings. The van der Waals surface area contributed by atoms with Crippen molar-refractivity contribution in [1.82, 2.24) is 20.1 Å². The fourth-order valence-electron chi connectivity index (χ4n) is 2.92. The van der Waals surface area contributed by atoms with Gasteiger partial charge in [0.2, 0.25) is 0 Å². The summed E-state index contributed by atoms with van der Waals surface area (Å²) in [6.45, 7) is 2.35. The molecule has 2 N–H and O–H groups in total. The molecule has 4 rings (SSSR count). The second-order valence-electron chi connectivity index (χ2n) is 6.33. The first kappa shape index (κ1) is 20.5. The number of hydrogen-bond donors (Lipinski definition) is 2. The highest BCUT2D eigenvalue weighted by atomic mass is 35.5. The Labute approximate surface area is 173 Å². The molecule has 2 aromatic heterocycles. The number of nitriles is 1. The van der Waals surface area contributed by atoms with Gasteiger partial charge in [0.05, 0.1) is 30.0 Å². The lowest BCUT2D eigenvalue weighted by Crippen LogP contribution is -2.33. The molecule has 9 heteroatoms. The molecule has 1 saturated heterocycles. The average molecular weight is 411 g/mol. The van der Waals surface area contributed by atoms with E-state index in [1.165, 1.54) is 17.1 Å². The van der Waals surface area contributed by atoms with E-state index in [1.54, 1.807) is 18.3 Å². The molecule has 0 bridgehead atoms. The molecule has 1 aliphatic rings. The van der Waals surface area contributed by atoms with Crippen molar-refractivity contribution >= 4 is 24.0 Å². The predicted octanol–water partition coefficient (Wildman–Crippen LogP) is 2.47.